The maximum Gasteiger partial charge on any atom is 0.0482 e. The normalized spacial score (nSPS) is 13.1. The Hall–Kier alpha value is -0.530. The molecule has 1 aromatic carbocycles. The summed E-state index contributed by atoms with van der Waals surface area (Å²) in [6, 6.07) is 6.17. The Kier molecular flexibility index (Phi) is 5.30. The van der Waals surface area contributed by atoms with Crippen LogP contribution in [0, 0.1) is 12.8 Å². The number of hydrogen-bond acceptors (Lipinski definition) is 1. The van der Waals surface area contributed by atoms with Gasteiger partial charge in [-0.25, -0.2) is 0 Å². The van der Waals surface area contributed by atoms with Crippen LogP contribution in [-0.4, -0.2) is 0 Å². The molecule has 0 radical (unpaired) electrons. The fraction of sp³-hybridized carbons (Fsp3) is 0.571. The van der Waals surface area contributed by atoms with Gasteiger partial charge in [0.1, 0.15) is 0 Å². The minimum Gasteiger partial charge on any atom is -0.324 e. The van der Waals surface area contributed by atoms with Crippen LogP contribution in [-0.2, 0) is 0 Å². The molecule has 0 saturated heterocycles. The smallest absolute Gasteiger partial charge is 0.0482 e. The molecule has 0 fully saturated rings. The summed E-state index contributed by atoms with van der Waals surface area (Å²) < 4.78 is 0. The molecule has 1 unspecified atom stereocenters. The second kappa shape index (κ2) is 6.27. The average Bonchev–Trinajstić information content (AvgIpc) is 2.29. The second-order valence-electron chi connectivity index (χ2n) is 4.50. The number of nitrogens with two attached hydrogens (primary N) is 1. The van der Waals surface area contributed by atoms with Crippen molar-refractivity contribution in [2.75, 3.05) is 0 Å². The van der Waals surface area contributed by atoms with E-state index in [9.17, 15) is 0 Å². The molecule has 2 N–H and O–H groups in total. The van der Waals surface area contributed by atoms with E-state index in [1.54, 1.807) is 0 Å². The Bertz CT molecular complexity index is 332. The van der Waals surface area contributed by atoms with E-state index >= 15 is 0 Å². The molecule has 90 valence electrons. The first kappa shape index (κ1) is 13.5. The van der Waals surface area contributed by atoms with Crippen LogP contribution in [0.25, 0.3) is 0 Å². The molecule has 16 heavy (non-hydrogen) atoms. The van der Waals surface area contributed by atoms with Gasteiger partial charge in [-0.2, -0.15) is 0 Å². The largest absolute Gasteiger partial charge is 0.324 e. The number of rotatable bonds is 5. The van der Waals surface area contributed by atoms with Crippen molar-refractivity contribution in [1.82, 2.24) is 0 Å². The molecule has 0 bridgehead atoms. The molecule has 0 spiro atoms. The summed E-state index contributed by atoms with van der Waals surface area (Å²) in [6.45, 7) is 6.47. The lowest BCUT2D eigenvalue weighted by atomic mass is 9.91. The van der Waals surface area contributed by atoms with Gasteiger partial charge in [-0.05, 0) is 30.4 Å². The quantitative estimate of drug-likeness (QED) is 0.806. The zero-order valence-electron chi connectivity index (χ0n) is 10.5. The van der Waals surface area contributed by atoms with E-state index in [0.717, 1.165) is 22.6 Å². The summed E-state index contributed by atoms with van der Waals surface area (Å²) in [4.78, 5) is 0. The van der Waals surface area contributed by atoms with Crippen molar-refractivity contribution in [3.8, 4) is 0 Å². The van der Waals surface area contributed by atoms with Gasteiger partial charge >= 0.3 is 0 Å². The first-order chi connectivity index (χ1) is 7.60. The third-order valence-electron chi connectivity index (χ3n) is 3.36. The fourth-order valence-corrected chi connectivity index (χ4v) is 2.33. The monoisotopic (exact) mass is 239 g/mol. The summed E-state index contributed by atoms with van der Waals surface area (Å²) in [7, 11) is 0. The van der Waals surface area contributed by atoms with Gasteiger partial charge in [-0.3, -0.25) is 0 Å². The third kappa shape index (κ3) is 3.23. The topological polar surface area (TPSA) is 26.0 Å². The first-order valence-corrected chi connectivity index (χ1v) is 6.48. The standard InChI is InChI=1S/C14H22ClN/c1-4-11(5-2)9-13(16)12-8-6-7-10(3)14(12)15/h6-8,11,13H,4-5,9,16H2,1-3H3. The Labute approximate surface area is 104 Å². The molecule has 0 aliphatic carbocycles. The van der Waals surface area contributed by atoms with Crippen LogP contribution in [0.3, 0.4) is 0 Å². The number of hydrogen-bond donors (Lipinski definition) is 1. The van der Waals surface area contributed by atoms with E-state index < -0.39 is 0 Å². The highest BCUT2D eigenvalue weighted by Gasteiger charge is 2.15. The summed E-state index contributed by atoms with van der Waals surface area (Å²) >= 11 is 6.28. The predicted octanol–water partition coefficient (Wildman–Crippen LogP) is 4.47. The number of halogens is 1. The van der Waals surface area contributed by atoms with Crippen LogP contribution >= 0.6 is 11.6 Å². The summed E-state index contributed by atoms with van der Waals surface area (Å²) in [5.74, 6) is 0.701. The van der Waals surface area contributed by atoms with Crippen molar-refractivity contribution in [3.63, 3.8) is 0 Å². The summed E-state index contributed by atoms with van der Waals surface area (Å²) in [6.07, 6.45) is 3.40. The molecular formula is C14H22ClN. The number of benzene rings is 1. The molecule has 1 atom stereocenters. The van der Waals surface area contributed by atoms with Gasteiger partial charge in [-0.15, -0.1) is 0 Å². The minimum absolute atomic E-state index is 0.0669. The van der Waals surface area contributed by atoms with Gasteiger partial charge in [0.15, 0.2) is 0 Å². The Morgan fingerprint density at radius 1 is 1.25 bits per heavy atom. The molecule has 0 amide bonds. The van der Waals surface area contributed by atoms with Crippen molar-refractivity contribution in [2.45, 2.75) is 46.1 Å². The van der Waals surface area contributed by atoms with Gasteiger partial charge < -0.3 is 5.73 Å². The van der Waals surface area contributed by atoms with Gasteiger partial charge in [0, 0.05) is 11.1 Å². The lowest BCUT2D eigenvalue weighted by Gasteiger charge is -2.20. The van der Waals surface area contributed by atoms with E-state index in [1.807, 2.05) is 25.1 Å². The SMILES string of the molecule is CCC(CC)CC(N)c1cccc(C)c1Cl. The van der Waals surface area contributed by atoms with E-state index in [-0.39, 0.29) is 6.04 Å². The molecule has 1 aromatic rings. The van der Waals surface area contributed by atoms with Crippen LogP contribution in [0.5, 0.6) is 0 Å². The summed E-state index contributed by atoms with van der Waals surface area (Å²) in [5.41, 5.74) is 8.43. The first-order valence-electron chi connectivity index (χ1n) is 6.10. The van der Waals surface area contributed by atoms with Crippen molar-refractivity contribution >= 4 is 11.6 Å². The molecule has 0 aromatic heterocycles. The maximum absolute atomic E-state index is 6.28. The highest BCUT2D eigenvalue weighted by atomic mass is 35.5. The van der Waals surface area contributed by atoms with Crippen LogP contribution in [0.1, 0.15) is 50.3 Å². The third-order valence-corrected chi connectivity index (χ3v) is 3.88. The molecular weight excluding hydrogens is 218 g/mol. The highest BCUT2D eigenvalue weighted by molar-refractivity contribution is 6.32. The van der Waals surface area contributed by atoms with Crippen LogP contribution < -0.4 is 5.73 Å². The molecule has 0 aliphatic heterocycles. The minimum atomic E-state index is 0.0669. The Morgan fingerprint density at radius 2 is 1.88 bits per heavy atom. The highest BCUT2D eigenvalue weighted by Crippen LogP contribution is 2.29. The lowest BCUT2D eigenvalue weighted by Crippen LogP contribution is -2.15. The van der Waals surface area contributed by atoms with Crippen molar-refractivity contribution in [3.05, 3.63) is 34.3 Å². The van der Waals surface area contributed by atoms with E-state index in [1.165, 1.54) is 12.8 Å². The molecule has 2 heteroatoms. The van der Waals surface area contributed by atoms with E-state index in [4.69, 9.17) is 17.3 Å². The van der Waals surface area contributed by atoms with Crippen LogP contribution in [0.4, 0.5) is 0 Å². The van der Waals surface area contributed by atoms with Crippen molar-refractivity contribution < 1.29 is 0 Å². The van der Waals surface area contributed by atoms with Crippen molar-refractivity contribution in [2.24, 2.45) is 11.7 Å². The van der Waals surface area contributed by atoms with E-state index in [2.05, 4.69) is 13.8 Å². The second-order valence-corrected chi connectivity index (χ2v) is 4.88. The lowest BCUT2D eigenvalue weighted by molar-refractivity contribution is 0.414. The molecule has 0 heterocycles. The predicted molar refractivity (Wildman–Crippen MR) is 71.8 cm³/mol. The Morgan fingerprint density at radius 3 is 2.44 bits per heavy atom. The van der Waals surface area contributed by atoms with Crippen LogP contribution in [0.2, 0.25) is 5.02 Å². The number of aryl methyl sites for hydroxylation is 1. The maximum atomic E-state index is 6.28. The van der Waals surface area contributed by atoms with Gasteiger partial charge in [0.2, 0.25) is 0 Å². The van der Waals surface area contributed by atoms with E-state index in [0.29, 0.717) is 5.92 Å². The molecule has 0 aliphatic rings. The zero-order chi connectivity index (χ0) is 12.1. The van der Waals surface area contributed by atoms with Gasteiger partial charge in [-0.1, -0.05) is 56.5 Å². The molecule has 1 nitrogen and oxygen atoms in total. The molecule has 0 saturated carbocycles. The average molecular weight is 240 g/mol. The summed E-state index contributed by atoms with van der Waals surface area (Å²) in [5, 5.41) is 0.834. The van der Waals surface area contributed by atoms with Gasteiger partial charge in [0.25, 0.3) is 0 Å². The Balaban J connectivity index is 2.80. The molecule has 1 rings (SSSR count). The zero-order valence-corrected chi connectivity index (χ0v) is 11.2. The van der Waals surface area contributed by atoms with Crippen molar-refractivity contribution in [1.29, 1.82) is 0 Å². The fourth-order valence-electron chi connectivity index (χ4n) is 2.06. The van der Waals surface area contributed by atoms with Crippen LogP contribution in [0.15, 0.2) is 18.2 Å². The van der Waals surface area contributed by atoms with Gasteiger partial charge in [0.05, 0.1) is 0 Å².